The van der Waals surface area contributed by atoms with Crippen LogP contribution in [0.2, 0.25) is 0 Å². The van der Waals surface area contributed by atoms with E-state index in [-0.39, 0.29) is 5.56 Å². The number of nitrogens with zero attached hydrogens (tertiary/aromatic N) is 6. The van der Waals surface area contributed by atoms with Gasteiger partial charge in [0, 0.05) is 6.54 Å². The van der Waals surface area contributed by atoms with Gasteiger partial charge in [-0.1, -0.05) is 66.7 Å². The second-order valence-corrected chi connectivity index (χ2v) is 8.47. The first kappa shape index (κ1) is 20.9. The number of aryl methyl sites for hydroxylation is 3. The van der Waals surface area contributed by atoms with E-state index >= 15 is 0 Å². The predicted molar refractivity (Wildman–Crippen MR) is 139 cm³/mol. The predicted octanol–water partition coefficient (Wildman–Crippen LogP) is 4.73. The summed E-state index contributed by atoms with van der Waals surface area (Å²) >= 11 is 0. The number of rotatable bonds is 5. The Morgan fingerprint density at radius 1 is 0.857 bits per heavy atom. The van der Waals surface area contributed by atoms with Crippen LogP contribution >= 0.6 is 0 Å². The maximum Gasteiger partial charge on any atom is 0.265 e. The molecule has 0 bridgehead atoms. The summed E-state index contributed by atoms with van der Waals surface area (Å²) in [6, 6.07) is 25.7. The number of benzene rings is 3. The van der Waals surface area contributed by atoms with E-state index in [2.05, 4.69) is 17.1 Å². The highest BCUT2D eigenvalue weighted by atomic mass is 16.1. The topological polar surface area (TPSA) is 78.0 Å². The molecule has 3 heterocycles. The zero-order valence-corrected chi connectivity index (χ0v) is 19.2. The van der Waals surface area contributed by atoms with Crippen molar-refractivity contribution in [2.45, 2.75) is 19.9 Å². The summed E-state index contributed by atoms with van der Waals surface area (Å²) in [7, 11) is 0. The lowest BCUT2D eigenvalue weighted by molar-refractivity contribution is 0.661. The second-order valence-electron chi connectivity index (χ2n) is 8.47. The van der Waals surface area contributed by atoms with Crippen LogP contribution in [0.5, 0.6) is 0 Å². The fourth-order valence-electron chi connectivity index (χ4n) is 4.27. The highest BCUT2D eigenvalue weighted by Gasteiger charge is 2.19. The Balaban J connectivity index is 1.55. The molecule has 0 radical (unpaired) electrons. The molecule has 0 N–H and O–H groups in total. The first-order valence-electron chi connectivity index (χ1n) is 11.5. The summed E-state index contributed by atoms with van der Waals surface area (Å²) in [5, 5.41) is 5.13. The molecule has 170 valence electrons. The van der Waals surface area contributed by atoms with Gasteiger partial charge in [-0.2, -0.15) is 9.78 Å². The monoisotopic (exact) mass is 458 g/mol. The van der Waals surface area contributed by atoms with Crippen LogP contribution in [-0.2, 0) is 13.0 Å². The third-order valence-corrected chi connectivity index (χ3v) is 6.19. The molecule has 0 saturated carbocycles. The van der Waals surface area contributed by atoms with Crippen molar-refractivity contribution in [1.82, 2.24) is 24.2 Å². The first-order valence-corrected chi connectivity index (χ1v) is 11.5. The quantitative estimate of drug-likeness (QED) is 0.350. The number of fused-ring (bicyclic) bond motifs is 4. The summed E-state index contributed by atoms with van der Waals surface area (Å²) in [6.07, 6.45) is 4.09. The maximum atomic E-state index is 13.6. The average molecular weight is 459 g/mol. The van der Waals surface area contributed by atoms with Gasteiger partial charge >= 0.3 is 0 Å². The lowest BCUT2D eigenvalue weighted by atomic mass is 10.1. The Hall–Kier alpha value is -4.65. The van der Waals surface area contributed by atoms with Crippen LogP contribution in [0.25, 0.3) is 33.2 Å². The van der Waals surface area contributed by atoms with Crippen molar-refractivity contribution in [1.29, 1.82) is 0 Å². The Labute approximate surface area is 201 Å². The third-order valence-electron chi connectivity index (χ3n) is 6.19. The summed E-state index contributed by atoms with van der Waals surface area (Å²) in [5.41, 5.74) is 6.01. The van der Waals surface area contributed by atoms with Gasteiger partial charge in [0.05, 0.1) is 23.6 Å². The van der Waals surface area contributed by atoms with Crippen LogP contribution in [0, 0.1) is 6.92 Å². The van der Waals surface area contributed by atoms with E-state index in [0.717, 1.165) is 34.1 Å². The molecule has 0 amide bonds. The van der Waals surface area contributed by atoms with E-state index in [1.165, 1.54) is 0 Å². The molecule has 35 heavy (non-hydrogen) atoms. The van der Waals surface area contributed by atoms with Crippen LogP contribution in [0.3, 0.4) is 0 Å². The third kappa shape index (κ3) is 3.77. The summed E-state index contributed by atoms with van der Waals surface area (Å²) in [5.74, 6) is 0. The molecular formula is C28H22N6O. The molecule has 0 fully saturated rings. The highest BCUT2D eigenvalue weighted by Crippen LogP contribution is 2.25. The minimum atomic E-state index is -0.148. The molecule has 0 aliphatic carbocycles. The van der Waals surface area contributed by atoms with E-state index in [1.54, 1.807) is 21.8 Å². The Bertz CT molecular complexity index is 1780. The first-order chi connectivity index (χ1) is 17.2. The molecule has 3 aromatic carbocycles. The lowest BCUT2D eigenvalue weighted by Crippen LogP contribution is -2.21. The minimum absolute atomic E-state index is 0.148. The van der Waals surface area contributed by atoms with Crippen LogP contribution in [0.15, 0.2) is 95.1 Å². The van der Waals surface area contributed by atoms with E-state index in [9.17, 15) is 4.79 Å². The Morgan fingerprint density at radius 2 is 1.57 bits per heavy atom. The number of para-hydroxylation sites is 2. The SMILES string of the molecule is Cc1ccccc1/C=N/n1c2nc3ccccc3nc2c2c(=O)n(CCc3ccccc3)cnc21. The van der Waals surface area contributed by atoms with Crippen LogP contribution < -0.4 is 5.56 Å². The summed E-state index contributed by atoms with van der Waals surface area (Å²) in [4.78, 5) is 27.9. The second kappa shape index (κ2) is 8.61. The van der Waals surface area contributed by atoms with Crippen molar-refractivity contribution in [3.8, 4) is 0 Å². The van der Waals surface area contributed by atoms with Gasteiger partial charge in [0.2, 0.25) is 0 Å². The van der Waals surface area contributed by atoms with Crippen molar-refractivity contribution in [3.05, 3.63) is 112 Å². The largest absolute Gasteiger partial charge is 0.298 e. The van der Waals surface area contributed by atoms with Crippen molar-refractivity contribution in [3.63, 3.8) is 0 Å². The normalized spacial score (nSPS) is 11.8. The molecule has 3 aromatic heterocycles. The molecule has 0 unspecified atom stereocenters. The maximum absolute atomic E-state index is 13.6. The molecule has 0 aliphatic rings. The number of hydrogen-bond acceptors (Lipinski definition) is 5. The fraction of sp³-hybridized carbons (Fsp3) is 0.107. The van der Waals surface area contributed by atoms with Gasteiger partial charge in [-0.3, -0.25) is 9.36 Å². The molecule has 0 aliphatic heterocycles. The van der Waals surface area contributed by atoms with Gasteiger partial charge in [-0.25, -0.2) is 15.0 Å². The summed E-state index contributed by atoms with van der Waals surface area (Å²) < 4.78 is 3.26. The average Bonchev–Trinajstić information content (AvgIpc) is 3.20. The van der Waals surface area contributed by atoms with Gasteiger partial charge in [0.15, 0.2) is 11.3 Å². The van der Waals surface area contributed by atoms with Crippen molar-refractivity contribution in [2.24, 2.45) is 5.10 Å². The van der Waals surface area contributed by atoms with Gasteiger partial charge in [0.1, 0.15) is 10.9 Å². The zero-order chi connectivity index (χ0) is 23.8. The Kier molecular flexibility index (Phi) is 5.15. The molecular weight excluding hydrogens is 436 g/mol. The highest BCUT2D eigenvalue weighted by molar-refractivity contribution is 6.04. The van der Waals surface area contributed by atoms with Crippen LogP contribution in [0.4, 0.5) is 0 Å². The van der Waals surface area contributed by atoms with Gasteiger partial charge in [0.25, 0.3) is 5.56 Å². The molecule has 0 saturated heterocycles. The molecule has 7 heteroatoms. The van der Waals surface area contributed by atoms with E-state index in [4.69, 9.17) is 15.1 Å². The van der Waals surface area contributed by atoms with E-state index < -0.39 is 0 Å². The summed E-state index contributed by atoms with van der Waals surface area (Å²) in [6.45, 7) is 2.55. The Morgan fingerprint density at radius 3 is 2.37 bits per heavy atom. The standard InChI is InChI=1S/C28H22N6O/c1-19-9-5-6-12-21(19)17-30-34-26-24(25-27(34)32-23-14-8-7-13-22(23)31-25)28(35)33(18-29-26)16-15-20-10-3-2-4-11-20/h2-14,17-18H,15-16H2,1H3/b30-17+. The van der Waals surface area contributed by atoms with Gasteiger partial charge in [-0.15, -0.1) is 0 Å². The van der Waals surface area contributed by atoms with Crippen LogP contribution in [0.1, 0.15) is 16.7 Å². The van der Waals surface area contributed by atoms with Crippen molar-refractivity contribution in [2.75, 3.05) is 0 Å². The molecule has 7 nitrogen and oxygen atoms in total. The van der Waals surface area contributed by atoms with Gasteiger partial charge < -0.3 is 0 Å². The smallest absolute Gasteiger partial charge is 0.265 e. The lowest BCUT2D eigenvalue weighted by Gasteiger charge is -2.06. The molecule has 0 atom stereocenters. The zero-order valence-electron chi connectivity index (χ0n) is 19.2. The van der Waals surface area contributed by atoms with E-state index in [1.807, 2.05) is 73.7 Å². The van der Waals surface area contributed by atoms with Crippen molar-refractivity contribution < 1.29 is 0 Å². The molecule has 0 spiro atoms. The van der Waals surface area contributed by atoms with E-state index in [0.29, 0.717) is 28.7 Å². The fourth-order valence-corrected chi connectivity index (χ4v) is 4.27. The van der Waals surface area contributed by atoms with Gasteiger partial charge in [-0.05, 0) is 42.2 Å². The number of aromatic nitrogens is 5. The molecule has 6 aromatic rings. The number of hydrogen-bond donors (Lipinski definition) is 0. The van der Waals surface area contributed by atoms with Crippen molar-refractivity contribution >= 4 is 39.4 Å². The molecule has 6 rings (SSSR count). The van der Waals surface area contributed by atoms with Crippen LogP contribution in [-0.4, -0.2) is 30.4 Å². The minimum Gasteiger partial charge on any atom is -0.298 e.